The van der Waals surface area contributed by atoms with Crippen LogP contribution in [0.3, 0.4) is 0 Å². The summed E-state index contributed by atoms with van der Waals surface area (Å²) in [4.78, 5) is 0. The third-order valence-corrected chi connectivity index (χ3v) is 3.85. The van der Waals surface area contributed by atoms with Crippen LogP contribution in [0.2, 0.25) is 0 Å². The first kappa shape index (κ1) is 18.6. The van der Waals surface area contributed by atoms with Gasteiger partial charge in [-0.2, -0.15) is 0 Å². The van der Waals surface area contributed by atoms with Crippen molar-refractivity contribution in [3.05, 3.63) is 35.4 Å². The van der Waals surface area contributed by atoms with Crippen LogP contribution in [-0.2, 0) is 4.74 Å². The SMILES string of the molecule is COC(=C(CCCC(C)(C)C)C(C)(C)C)c1cccc(O)c1. The standard InChI is InChI=1S/C20H32O2/c1-19(2,3)13-9-12-17(20(4,5)6)18(22-7)15-10-8-11-16(21)14-15/h8,10-11,14,21H,9,12-13H2,1-7H3. The van der Waals surface area contributed by atoms with Gasteiger partial charge in [-0.15, -0.1) is 0 Å². The van der Waals surface area contributed by atoms with E-state index in [4.69, 9.17) is 4.74 Å². The first-order valence-corrected chi connectivity index (χ1v) is 8.11. The van der Waals surface area contributed by atoms with Crippen molar-refractivity contribution in [1.82, 2.24) is 0 Å². The third kappa shape index (κ3) is 5.75. The van der Waals surface area contributed by atoms with Gasteiger partial charge in [0.2, 0.25) is 0 Å². The van der Waals surface area contributed by atoms with Crippen LogP contribution in [0.15, 0.2) is 29.8 Å². The van der Waals surface area contributed by atoms with Crippen LogP contribution in [0.1, 0.15) is 66.4 Å². The molecule has 22 heavy (non-hydrogen) atoms. The zero-order valence-electron chi connectivity index (χ0n) is 15.3. The summed E-state index contributed by atoms with van der Waals surface area (Å²) >= 11 is 0. The van der Waals surface area contributed by atoms with E-state index in [-0.39, 0.29) is 11.2 Å². The monoisotopic (exact) mass is 304 g/mol. The molecule has 1 N–H and O–H groups in total. The molecule has 1 aromatic carbocycles. The molecule has 0 unspecified atom stereocenters. The number of hydrogen-bond acceptors (Lipinski definition) is 2. The maximum absolute atomic E-state index is 9.75. The van der Waals surface area contributed by atoms with E-state index in [2.05, 4.69) is 41.5 Å². The van der Waals surface area contributed by atoms with E-state index in [1.165, 1.54) is 12.0 Å². The highest BCUT2D eigenvalue weighted by Gasteiger charge is 2.23. The van der Waals surface area contributed by atoms with Crippen molar-refractivity contribution in [2.75, 3.05) is 7.11 Å². The van der Waals surface area contributed by atoms with E-state index >= 15 is 0 Å². The highest BCUT2D eigenvalue weighted by molar-refractivity contribution is 5.65. The second kappa shape index (κ2) is 7.21. The summed E-state index contributed by atoms with van der Waals surface area (Å²) in [6, 6.07) is 7.31. The zero-order valence-corrected chi connectivity index (χ0v) is 15.3. The van der Waals surface area contributed by atoms with Crippen LogP contribution in [0.25, 0.3) is 5.76 Å². The molecule has 0 radical (unpaired) electrons. The minimum absolute atomic E-state index is 0.0364. The minimum Gasteiger partial charge on any atom is -0.508 e. The molecule has 0 spiro atoms. The predicted molar refractivity (Wildman–Crippen MR) is 94.8 cm³/mol. The van der Waals surface area contributed by atoms with Gasteiger partial charge in [0.05, 0.1) is 7.11 Å². The summed E-state index contributed by atoms with van der Waals surface area (Å²) in [6.07, 6.45) is 3.34. The summed E-state index contributed by atoms with van der Waals surface area (Å²) in [7, 11) is 1.72. The summed E-state index contributed by atoms with van der Waals surface area (Å²) in [6.45, 7) is 13.5. The van der Waals surface area contributed by atoms with Gasteiger partial charge in [-0.1, -0.05) is 53.7 Å². The highest BCUT2D eigenvalue weighted by atomic mass is 16.5. The smallest absolute Gasteiger partial charge is 0.125 e. The number of rotatable bonds is 5. The molecule has 0 aliphatic heterocycles. The molecule has 124 valence electrons. The molecule has 0 bridgehead atoms. The summed E-state index contributed by atoms with van der Waals surface area (Å²) in [5.41, 5.74) is 2.64. The third-order valence-electron chi connectivity index (χ3n) is 3.85. The molecule has 1 rings (SSSR count). The molecule has 0 aromatic heterocycles. The lowest BCUT2D eigenvalue weighted by molar-refractivity contribution is 0.335. The van der Waals surface area contributed by atoms with Crippen LogP contribution >= 0.6 is 0 Å². The number of aromatic hydroxyl groups is 1. The average Bonchev–Trinajstić information content (AvgIpc) is 2.35. The quantitative estimate of drug-likeness (QED) is 0.675. The van der Waals surface area contributed by atoms with Gasteiger partial charge in [-0.3, -0.25) is 0 Å². The van der Waals surface area contributed by atoms with Crippen LogP contribution in [0.5, 0.6) is 5.75 Å². The van der Waals surface area contributed by atoms with Gasteiger partial charge < -0.3 is 9.84 Å². The van der Waals surface area contributed by atoms with Crippen LogP contribution in [0, 0.1) is 10.8 Å². The second-order valence-corrected chi connectivity index (χ2v) is 8.23. The molecule has 2 nitrogen and oxygen atoms in total. The Labute approximate surface area is 136 Å². The Morgan fingerprint density at radius 1 is 1.09 bits per heavy atom. The van der Waals surface area contributed by atoms with Gasteiger partial charge in [0.1, 0.15) is 11.5 Å². The Balaban J connectivity index is 3.15. The molecule has 2 heteroatoms. The molecule has 0 fully saturated rings. The Kier molecular flexibility index (Phi) is 6.10. The molecule has 0 saturated carbocycles. The first-order valence-electron chi connectivity index (χ1n) is 8.11. The van der Waals surface area contributed by atoms with Gasteiger partial charge in [0.15, 0.2) is 0 Å². The van der Waals surface area contributed by atoms with Gasteiger partial charge in [-0.25, -0.2) is 0 Å². The molecule has 0 atom stereocenters. The zero-order chi connectivity index (χ0) is 17.0. The van der Waals surface area contributed by atoms with E-state index < -0.39 is 0 Å². The lowest BCUT2D eigenvalue weighted by Crippen LogP contribution is -2.14. The average molecular weight is 304 g/mol. The number of hydrogen-bond donors (Lipinski definition) is 1. The topological polar surface area (TPSA) is 29.5 Å². The molecular weight excluding hydrogens is 272 g/mol. The number of ether oxygens (including phenoxy) is 1. The summed E-state index contributed by atoms with van der Waals surface area (Å²) in [5.74, 6) is 1.17. The van der Waals surface area contributed by atoms with Crippen LogP contribution < -0.4 is 0 Å². The Hall–Kier alpha value is -1.44. The Morgan fingerprint density at radius 3 is 2.18 bits per heavy atom. The van der Waals surface area contributed by atoms with Crippen molar-refractivity contribution in [2.45, 2.75) is 60.8 Å². The Morgan fingerprint density at radius 2 is 1.73 bits per heavy atom. The van der Waals surface area contributed by atoms with E-state index in [1.54, 1.807) is 19.2 Å². The normalized spacial score (nSPS) is 13.8. The minimum atomic E-state index is 0.0364. The molecule has 0 aliphatic carbocycles. The fourth-order valence-electron chi connectivity index (χ4n) is 2.69. The van der Waals surface area contributed by atoms with Gasteiger partial charge in [0, 0.05) is 5.56 Å². The highest BCUT2D eigenvalue weighted by Crippen LogP contribution is 2.38. The fraction of sp³-hybridized carbons (Fsp3) is 0.600. The van der Waals surface area contributed by atoms with Crippen LogP contribution in [0.4, 0.5) is 0 Å². The summed E-state index contributed by atoms with van der Waals surface area (Å²) in [5, 5.41) is 9.75. The molecule has 0 amide bonds. The Bertz CT molecular complexity index is 513. The van der Waals surface area contributed by atoms with Crippen molar-refractivity contribution < 1.29 is 9.84 Å². The van der Waals surface area contributed by atoms with Crippen molar-refractivity contribution >= 4 is 5.76 Å². The van der Waals surface area contributed by atoms with Gasteiger partial charge >= 0.3 is 0 Å². The molecular formula is C20H32O2. The van der Waals surface area contributed by atoms with E-state index in [0.29, 0.717) is 5.41 Å². The molecule has 0 heterocycles. The maximum atomic E-state index is 9.75. The maximum Gasteiger partial charge on any atom is 0.125 e. The van der Waals surface area contributed by atoms with Gasteiger partial charge in [0.25, 0.3) is 0 Å². The van der Waals surface area contributed by atoms with Crippen molar-refractivity contribution in [1.29, 1.82) is 0 Å². The molecule has 0 saturated heterocycles. The summed E-state index contributed by atoms with van der Waals surface area (Å²) < 4.78 is 5.73. The van der Waals surface area contributed by atoms with Crippen molar-refractivity contribution in [3.8, 4) is 5.75 Å². The lowest BCUT2D eigenvalue weighted by atomic mass is 9.79. The second-order valence-electron chi connectivity index (χ2n) is 8.23. The number of phenols is 1. The first-order chi connectivity index (χ1) is 10.0. The van der Waals surface area contributed by atoms with E-state index in [1.807, 2.05) is 12.1 Å². The van der Waals surface area contributed by atoms with E-state index in [0.717, 1.165) is 24.2 Å². The number of allylic oxidation sites excluding steroid dienone is 1. The fourth-order valence-corrected chi connectivity index (χ4v) is 2.69. The largest absolute Gasteiger partial charge is 0.508 e. The number of methoxy groups -OCH3 is 1. The molecule has 0 aliphatic rings. The number of benzene rings is 1. The number of phenolic OH excluding ortho intramolecular Hbond substituents is 1. The van der Waals surface area contributed by atoms with Crippen LogP contribution in [-0.4, -0.2) is 12.2 Å². The molecule has 1 aromatic rings. The lowest BCUT2D eigenvalue weighted by Gasteiger charge is -2.28. The van der Waals surface area contributed by atoms with Crippen molar-refractivity contribution in [2.24, 2.45) is 10.8 Å². The van der Waals surface area contributed by atoms with Gasteiger partial charge in [-0.05, 0) is 47.8 Å². The van der Waals surface area contributed by atoms with E-state index in [9.17, 15) is 5.11 Å². The van der Waals surface area contributed by atoms with Crippen molar-refractivity contribution in [3.63, 3.8) is 0 Å². The predicted octanol–water partition coefficient (Wildman–Crippen LogP) is 6.01.